The maximum Gasteiger partial charge on any atom is 0.144 e. The minimum absolute atomic E-state index is 0.253. The van der Waals surface area contributed by atoms with Gasteiger partial charge in [0.05, 0.1) is 11.1 Å². The number of hydrogen-bond donors (Lipinski definition) is 1. The lowest BCUT2D eigenvalue weighted by Crippen LogP contribution is -2.40. The van der Waals surface area contributed by atoms with Gasteiger partial charge in [-0.1, -0.05) is 59.9 Å². The third-order valence-corrected chi connectivity index (χ3v) is 8.47. The molecule has 0 saturated heterocycles. The predicted octanol–water partition coefficient (Wildman–Crippen LogP) is 5.95. The van der Waals surface area contributed by atoms with Gasteiger partial charge < -0.3 is 4.55 Å². The van der Waals surface area contributed by atoms with Gasteiger partial charge >= 0.3 is 0 Å². The molecule has 0 spiro atoms. The van der Waals surface area contributed by atoms with Crippen LogP contribution in [-0.2, 0) is 23.2 Å². The van der Waals surface area contributed by atoms with Gasteiger partial charge in [0.15, 0.2) is 0 Å². The molecule has 0 radical (unpaired) electrons. The summed E-state index contributed by atoms with van der Waals surface area (Å²) in [7, 11) is 0. The zero-order chi connectivity index (χ0) is 23.9. The van der Waals surface area contributed by atoms with E-state index < -0.39 is 11.4 Å². The van der Waals surface area contributed by atoms with Gasteiger partial charge in [-0.05, 0) is 62.6 Å². The summed E-state index contributed by atoms with van der Waals surface area (Å²) in [5.74, 6) is -0.307. The molecular formula is C27H26FN3OS2. The minimum atomic E-state index is -1.14. The number of hydrogen-bond acceptors (Lipinski definition) is 5. The van der Waals surface area contributed by atoms with Gasteiger partial charge in [0.1, 0.15) is 25.9 Å². The van der Waals surface area contributed by atoms with Crippen LogP contribution in [0.2, 0.25) is 0 Å². The van der Waals surface area contributed by atoms with Crippen LogP contribution < -0.4 is 4.72 Å². The second-order valence-electron chi connectivity index (χ2n) is 9.45. The van der Waals surface area contributed by atoms with Crippen LogP contribution >= 0.6 is 11.3 Å². The van der Waals surface area contributed by atoms with Gasteiger partial charge in [-0.15, -0.1) is 4.72 Å². The molecule has 2 aromatic heterocycles. The Morgan fingerprint density at radius 3 is 2.47 bits per heavy atom. The van der Waals surface area contributed by atoms with Crippen molar-refractivity contribution in [3.8, 4) is 10.6 Å². The first kappa shape index (κ1) is 23.2. The maximum atomic E-state index is 15.0. The molecule has 4 aromatic rings. The Hall–Kier alpha value is -2.58. The fraction of sp³-hybridized carbons (Fsp3) is 0.259. The molecule has 4 nitrogen and oxygen atoms in total. The van der Waals surface area contributed by atoms with Gasteiger partial charge in [0.2, 0.25) is 0 Å². The lowest BCUT2D eigenvalue weighted by Gasteiger charge is -2.23. The number of thiazole rings is 1. The highest BCUT2D eigenvalue weighted by Crippen LogP contribution is 2.45. The van der Waals surface area contributed by atoms with Crippen molar-refractivity contribution < 1.29 is 8.94 Å². The smallest absolute Gasteiger partial charge is 0.144 e. The fourth-order valence-electron chi connectivity index (χ4n) is 3.86. The van der Waals surface area contributed by atoms with Gasteiger partial charge in [0.25, 0.3) is 0 Å². The minimum Gasteiger partial charge on any atom is -0.598 e. The number of rotatable bonds is 7. The standard InChI is InChI=1S/C27H26FN3OS2/c1-26(2,3)34(32)29-16-13-18-9-10-20(21(28)17-18)24-30-22-11-12-23(31-25(22)33-24)27(14-15-27)19-7-5-4-6-8-19/h4-12,14-15,17,29H,13,16H2,1-3H3. The molecule has 1 N–H and O–H groups in total. The largest absolute Gasteiger partial charge is 0.598 e. The third-order valence-electron chi connectivity index (χ3n) is 5.90. The molecule has 174 valence electrons. The van der Waals surface area contributed by atoms with E-state index in [4.69, 9.17) is 4.98 Å². The van der Waals surface area contributed by atoms with Crippen LogP contribution in [0.15, 0.2) is 72.8 Å². The number of nitrogens with one attached hydrogen (secondary N) is 1. The Morgan fingerprint density at radius 2 is 1.79 bits per heavy atom. The zero-order valence-electron chi connectivity index (χ0n) is 19.3. The number of pyridine rings is 1. The molecular weight excluding hydrogens is 465 g/mol. The van der Waals surface area contributed by atoms with Gasteiger partial charge in [-0.25, -0.2) is 14.4 Å². The van der Waals surface area contributed by atoms with E-state index in [2.05, 4.69) is 34.0 Å². The van der Waals surface area contributed by atoms with Crippen LogP contribution in [0.5, 0.6) is 0 Å². The summed E-state index contributed by atoms with van der Waals surface area (Å²) in [6.45, 7) is 6.28. The molecule has 34 heavy (non-hydrogen) atoms. The normalized spacial score (nSPS) is 15.6. The van der Waals surface area contributed by atoms with Crippen molar-refractivity contribution in [1.82, 2.24) is 14.7 Å². The van der Waals surface area contributed by atoms with E-state index in [1.54, 1.807) is 12.1 Å². The van der Waals surface area contributed by atoms with Gasteiger partial charge in [-0.2, -0.15) is 0 Å². The highest BCUT2D eigenvalue weighted by molar-refractivity contribution is 7.90. The van der Waals surface area contributed by atoms with Crippen LogP contribution in [-0.4, -0.2) is 25.8 Å². The fourth-order valence-corrected chi connectivity index (χ4v) is 5.55. The van der Waals surface area contributed by atoms with Crippen LogP contribution in [0.3, 0.4) is 0 Å². The van der Waals surface area contributed by atoms with E-state index in [1.807, 2.05) is 57.2 Å². The van der Waals surface area contributed by atoms with Crippen LogP contribution in [0.1, 0.15) is 37.6 Å². The monoisotopic (exact) mass is 491 g/mol. The summed E-state index contributed by atoms with van der Waals surface area (Å²) in [5.41, 5.74) is 3.99. The molecule has 0 bridgehead atoms. The Kier molecular flexibility index (Phi) is 6.06. The molecule has 0 saturated carbocycles. The van der Waals surface area contributed by atoms with Crippen molar-refractivity contribution in [2.24, 2.45) is 0 Å². The number of allylic oxidation sites excluding steroid dienone is 2. The molecule has 2 heterocycles. The second kappa shape index (κ2) is 8.89. The molecule has 2 aromatic carbocycles. The van der Waals surface area contributed by atoms with E-state index in [0.29, 0.717) is 23.5 Å². The second-order valence-corrected chi connectivity index (χ2v) is 12.5. The number of halogens is 1. The van der Waals surface area contributed by atoms with Gasteiger partial charge in [0, 0.05) is 23.5 Å². The van der Waals surface area contributed by atoms with Crippen LogP contribution in [0.25, 0.3) is 20.9 Å². The van der Waals surface area contributed by atoms with Gasteiger partial charge in [-0.3, -0.25) is 0 Å². The number of aromatic nitrogens is 2. The van der Waals surface area contributed by atoms with Crippen LogP contribution in [0, 0.1) is 5.82 Å². The number of fused-ring (bicyclic) bond motifs is 1. The quantitative estimate of drug-likeness (QED) is 0.256. The first-order chi connectivity index (χ1) is 16.3. The molecule has 1 aliphatic carbocycles. The summed E-state index contributed by atoms with van der Waals surface area (Å²) >= 11 is 0.266. The molecule has 0 fully saturated rings. The van der Waals surface area contributed by atoms with Crippen molar-refractivity contribution in [2.45, 2.75) is 37.4 Å². The van der Waals surface area contributed by atoms with Crippen molar-refractivity contribution >= 4 is 33.0 Å². The Morgan fingerprint density at radius 1 is 1.03 bits per heavy atom. The Bertz CT molecular complexity index is 1360. The first-order valence-corrected chi connectivity index (χ1v) is 13.2. The average molecular weight is 492 g/mol. The highest BCUT2D eigenvalue weighted by Gasteiger charge is 2.39. The zero-order valence-corrected chi connectivity index (χ0v) is 21.0. The summed E-state index contributed by atoms with van der Waals surface area (Å²) in [5, 5.41) is 0.619. The molecule has 0 amide bonds. The summed E-state index contributed by atoms with van der Waals surface area (Å²) < 4.78 is 29.8. The first-order valence-electron chi connectivity index (χ1n) is 11.2. The SMILES string of the molecule is CC(C)(C)[S+]([O-])NCCc1ccc(-c2nc3ccc(C4(c5ccccc5)C=C4)nc3s2)c(F)c1. The third kappa shape index (κ3) is 4.53. The predicted molar refractivity (Wildman–Crippen MR) is 139 cm³/mol. The van der Waals surface area contributed by atoms with E-state index in [1.165, 1.54) is 16.9 Å². The van der Waals surface area contributed by atoms with Crippen LogP contribution in [0.4, 0.5) is 4.39 Å². The lowest BCUT2D eigenvalue weighted by atomic mass is 9.89. The summed E-state index contributed by atoms with van der Waals surface area (Å²) in [6, 6.07) is 19.5. The summed E-state index contributed by atoms with van der Waals surface area (Å²) in [6.07, 6.45) is 4.91. The van der Waals surface area contributed by atoms with Crippen molar-refractivity contribution in [3.63, 3.8) is 0 Å². The Balaban J connectivity index is 1.35. The molecule has 1 atom stereocenters. The van der Waals surface area contributed by atoms with Crippen molar-refractivity contribution in [1.29, 1.82) is 0 Å². The summed E-state index contributed by atoms with van der Waals surface area (Å²) in [4.78, 5) is 10.3. The molecule has 0 aliphatic heterocycles. The van der Waals surface area contributed by atoms with E-state index in [-0.39, 0.29) is 16.0 Å². The average Bonchev–Trinajstić information content (AvgIpc) is 3.52. The number of benzene rings is 2. The van der Waals surface area contributed by atoms with E-state index >= 15 is 0 Å². The van der Waals surface area contributed by atoms with E-state index in [9.17, 15) is 8.94 Å². The highest BCUT2D eigenvalue weighted by atomic mass is 32.2. The maximum absolute atomic E-state index is 15.0. The topological polar surface area (TPSA) is 60.9 Å². The van der Waals surface area contributed by atoms with Crippen molar-refractivity contribution in [2.75, 3.05) is 6.54 Å². The Labute approximate surface area is 206 Å². The molecule has 1 aliphatic rings. The lowest BCUT2D eigenvalue weighted by molar-refractivity contribution is 0.544. The molecule has 5 rings (SSSR count). The van der Waals surface area contributed by atoms with E-state index in [0.717, 1.165) is 21.6 Å². The molecule has 1 unspecified atom stereocenters. The van der Waals surface area contributed by atoms with Crippen molar-refractivity contribution in [3.05, 3.63) is 95.5 Å². The molecule has 7 heteroatoms. The number of nitrogens with zero attached hydrogens (tertiary/aromatic N) is 2.